The first-order valence-corrected chi connectivity index (χ1v) is 7.31. The highest BCUT2D eigenvalue weighted by Gasteiger charge is 2.14. The third kappa shape index (κ3) is 4.23. The lowest BCUT2D eigenvalue weighted by atomic mass is 10.1. The van der Waals surface area contributed by atoms with E-state index in [0.29, 0.717) is 16.3 Å². The Bertz CT molecular complexity index is 739. The summed E-state index contributed by atoms with van der Waals surface area (Å²) in [5, 5.41) is 0.400. The molecule has 2 N–H and O–H groups in total. The van der Waals surface area contributed by atoms with Crippen LogP contribution in [0.15, 0.2) is 36.4 Å². The average molecular weight is 333 g/mol. The van der Waals surface area contributed by atoms with Gasteiger partial charge in [0.15, 0.2) is 0 Å². The minimum atomic E-state index is -0.512. The van der Waals surface area contributed by atoms with Crippen molar-refractivity contribution in [1.29, 1.82) is 0 Å². The second kappa shape index (κ2) is 7.15. The van der Waals surface area contributed by atoms with Crippen molar-refractivity contribution in [1.82, 2.24) is 10.9 Å². The largest absolute Gasteiger partial charge is 0.496 e. The minimum absolute atomic E-state index is 0.237. The van der Waals surface area contributed by atoms with Gasteiger partial charge in [-0.2, -0.15) is 0 Å². The van der Waals surface area contributed by atoms with Gasteiger partial charge in [0.2, 0.25) is 0 Å². The van der Waals surface area contributed by atoms with Crippen LogP contribution in [0.4, 0.5) is 0 Å². The lowest BCUT2D eigenvalue weighted by molar-refractivity contribution is 0.0845. The molecule has 6 heteroatoms. The zero-order valence-corrected chi connectivity index (χ0v) is 13.8. The van der Waals surface area contributed by atoms with E-state index in [4.69, 9.17) is 16.3 Å². The van der Waals surface area contributed by atoms with E-state index in [1.54, 1.807) is 24.3 Å². The molecule has 0 fully saturated rings. The number of carbonyl (C=O) groups is 2. The maximum absolute atomic E-state index is 12.2. The van der Waals surface area contributed by atoms with Crippen molar-refractivity contribution in [2.45, 2.75) is 13.8 Å². The molecule has 0 aliphatic carbocycles. The van der Waals surface area contributed by atoms with Crippen molar-refractivity contribution in [3.63, 3.8) is 0 Å². The molecule has 0 radical (unpaired) electrons. The van der Waals surface area contributed by atoms with Gasteiger partial charge in [-0.3, -0.25) is 20.4 Å². The Kier molecular flexibility index (Phi) is 5.24. The molecule has 0 unspecified atom stereocenters. The van der Waals surface area contributed by atoms with E-state index in [0.717, 1.165) is 11.1 Å². The summed E-state index contributed by atoms with van der Waals surface area (Å²) in [6, 6.07) is 10.1. The number of hydrogen-bond acceptors (Lipinski definition) is 3. The number of nitrogens with one attached hydrogen (secondary N) is 2. The molecule has 2 aromatic rings. The molecule has 120 valence electrons. The highest BCUT2D eigenvalue weighted by atomic mass is 35.5. The van der Waals surface area contributed by atoms with Crippen molar-refractivity contribution in [3.8, 4) is 5.75 Å². The summed E-state index contributed by atoms with van der Waals surface area (Å²) in [5.41, 5.74) is 7.40. The Morgan fingerprint density at radius 2 is 1.57 bits per heavy atom. The summed E-state index contributed by atoms with van der Waals surface area (Å²) < 4.78 is 5.11. The number of hydrogen-bond donors (Lipinski definition) is 2. The Hall–Kier alpha value is -2.53. The highest BCUT2D eigenvalue weighted by molar-refractivity contribution is 6.31. The van der Waals surface area contributed by atoms with E-state index < -0.39 is 11.8 Å². The van der Waals surface area contributed by atoms with Gasteiger partial charge < -0.3 is 4.74 Å². The third-order valence-corrected chi connectivity index (χ3v) is 3.41. The van der Waals surface area contributed by atoms with Gasteiger partial charge >= 0.3 is 0 Å². The van der Waals surface area contributed by atoms with E-state index in [2.05, 4.69) is 10.9 Å². The summed E-state index contributed by atoms with van der Waals surface area (Å²) in [6.07, 6.45) is 0. The smallest absolute Gasteiger partial charge is 0.273 e. The fraction of sp³-hybridized carbons (Fsp3) is 0.176. The van der Waals surface area contributed by atoms with Crippen LogP contribution in [0.25, 0.3) is 0 Å². The normalized spacial score (nSPS) is 10.1. The number of methoxy groups -OCH3 is 1. The van der Waals surface area contributed by atoms with Crippen LogP contribution in [0, 0.1) is 13.8 Å². The molecule has 0 spiro atoms. The molecule has 0 aliphatic rings. The number of hydrazine groups is 1. The standard InChI is InChI=1S/C17H17ClN2O3/c1-10-6-11(2)8-12(7-10)16(21)19-20-17(22)14-9-13(18)4-5-15(14)23-3/h4-9H,1-3H3,(H,19,21)(H,20,22). The van der Waals surface area contributed by atoms with Gasteiger partial charge in [-0.1, -0.05) is 28.8 Å². The predicted octanol–water partition coefficient (Wildman–Crippen LogP) is 3.04. The zero-order chi connectivity index (χ0) is 17.0. The second-order valence-electron chi connectivity index (χ2n) is 5.13. The number of rotatable bonds is 3. The molecule has 2 rings (SSSR count). The van der Waals surface area contributed by atoms with Crippen LogP contribution in [0.5, 0.6) is 5.75 Å². The molecular formula is C17H17ClN2O3. The molecule has 0 bridgehead atoms. The number of carbonyl (C=O) groups excluding carboxylic acids is 2. The van der Waals surface area contributed by atoms with E-state index in [1.807, 2.05) is 19.9 Å². The van der Waals surface area contributed by atoms with Crippen molar-refractivity contribution >= 4 is 23.4 Å². The minimum Gasteiger partial charge on any atom is -0.496 e. The first-order valence-electron chi connectivity index (χ1n) is 6.93. The maximum atomic E-state index is 12.2. The zero-order valence-electron chi connectivity index (χ0n) is 13.1. The molecular weight excluding hydrogens is 316 g/mol. The quantitative estimate of drug-likeness (QED) is 0.849. The van der Waals surface area contributed by atoms with Crippen molar-refractivity contribution in [2.75, 3.05) is 7.11 Å². The SMILES string of the molecule is COc1ccc(Cl)cc1C(=O)NNC(=O)c1cc(C)cc(C)c1. The van der Waals surface area contributed by atoms with Gasteiger partial charge in [0.25, 0.3) is 11.8 Å². The first-order chi connectivity index (χ1) is 10.9. The Balaban J connectivity index is 2.10. The lowest BCUT2D eigenvalue weighted by Gasteiger charge is -2.11. The number of amides is 2. The second-order valence-corrected chi connectivity index (χ2v) is 5.57. The van der Waals surface area contributed by atoms with Gasteiger partial charge in [0, 0.05) is 10.6 Å². The maximum Gasteiger partial charge on any atom is 0.273 e. The van der Waals surface area contributed by atoms with E-state index in [1.165, 1.54) is 13.2 Å². The Labute approximate surface area is 139 Å². The third-order valence-electron chi connectivity index (χ3n) is 3.18. The van der Waals surface area contributed by atoms with E-state index in [-0.39, 0.29) is 5.56 Å². The van der Waals surface area contributed by atoms with Crippen molar-refractivity contribution in [2.24, 2.45) is 0 Å². The van der Waals surface area contributed by atoms with Crippen LogP contribution in [0.1, 0.15) is 31.8 Å². The molecule has 0 saturated carbocycles. The van der Waals surface area contributed by atoms with E-state index in [9.17, 15) is 9.59 Å². The number of ether oxygens (including phenoxy) is 1. The predicted molar refractivity (Wildman–Crippen MR) is 88.9 cm³/mol. The molecule has 2 aromatic carbocycles. The molecule has 0 atom stereocenters. The van der Waals surface area contributed by atoms with Gasteiger partial charge in [-0.05, 0) is 44.2 Å². The van der Waals surface area contributed by atoms with E-state index >= 15 is 0 Å². The Morgan fingerprint density at radius 1 is 0.957 bits per heavy atom. The van der Waals surface area contributed by atoms with Crippen LogP contribution in [0.2, 0.25) is 5.02 Å². The van der Waals surface area contributed by atoms with Crippen molar-refractivity contribution < 1.29 is 14.3 Å². The Morgan fingerprint density at radius 3 is 2.17 bits per heavy atom. The summed E-state index contributed by atoms with van der Waals surface area (Å²) in [5.74, 6) is -0.541. The van der Waals surface area contributed by atoms with Crippen LogP contribution >= 0.6 is 11.6 Å². The topological polar surface area (TPSA) is 67.4 Å². The van der Waals surface area contributed by atoms with Gasteiger partial charge in [0.1, 0.15) is 5.75 Å². The fourth-order valence-electron chi connectivity index (χ4n) is 2.22. The summed E-state index contributed by atoms with van der Waals surface area (Å²) in [6.45, 7) is 3.80. The molecule has 0 aliphatic heterocycles. The summed E-state index contributed by atoms with van der Waals surface area (Å²) in [7, 11) is 1.45. The fourth-order valence-corrected chi connectivity index (χ4v) is 2.39. The monoisotopic (exact) mass is 332 g/mol. The first kappa shape index (κ1) is 16.8. The summed E-state index contributed by atoms with van der Waals surface area (Å²) >= 11 is 5.89. The molecule has 0 aromatic heterocycles. The summed E-state index contributed by atoms with van der Waals surface area (Å²) in [4.78, 5) is 24.3. The van der Waals surface area contributed by atoms with Crippen LogP contribution in [-0.2, 0) is 0 Å². The van der Waals surface area contributed by atoms with Gasteiger partial charge in [-0.15, -0.1) is 0 Å². The molecule has 5 nitrogen and oxygen atoms in total. The lowest BCUT2D eigenvalue weighted by Crippen LogP contribution is -2.41. The number of benzene rings is 2. The number of aryl methyl sites for hydroxylation is 2. The van der Waals surface area contributed by atoms with Gasteiger partial charge in [-0.25, -0.2) is 0 Å². The molecule has 0 heterocycles. The molecule has 23 heavy (non-hydrogen) atoms. The average Bonchev–Trinajstić information content (AvgIpc) is 2.51. The van der Waals surface area contributed by atoms with Crippen molar-refractivity contribution in [3.05, 3.63) is 63.7 Å². The van der Waals surface area contributed by atoms with Gasteiger partial charge in [0.05, 0.1) is 12.7 Å². The van der Waals surface area contributed by atoms with Crippen LogP contribution in [0.3, 0.4) is 0 Å². The molecule has 0 saturated heterocycles. The van der Waals surface area contributed by atoms with Crippen LogP contribution < -0.4 is 15.6 Å². The van der Waals surface area contributed by atoms with Crippen LogP contribution in [-0.4, -0.2) is 18.9 Å². The molecule has 2 amide bonds. The number of halogens is 1. The highest BCUT2D eigenvalue weighted by Crippen LogP contribution is 2.22.